The molecular weight excluding hydrogens is 152 g/mol. The number of aliphatic hydroxyl groups excluding tert-OH is 4. The van der Waals surface area contributed by atoms with Gasteiger partial charge in [-0.05, 0) is 0 Å². The van der Waals surface area contributed by atoms with Crippen molar-refractivity contribution < 1.29 is 25.2 Å². The first-order valence-electron chi connectivity index (χ1n) is 2.73. The van der Waals surface area contributed by atoms with E-state index in [9.17, 15) is 4.79 Å². The minimum Gasteiger partial charge on any atom is -0.394 e. The maximum atomic E-state index is 9.76. The average molecular weight is 166 g/mol. The summed E-state index contributed by atoms with van der Waals surface area (Å²) >= 11 is 0. The summed E-state index contributed by atoms with van der Waals surface area (Å²) in [6, 6.07) is 0. The van der Waals surface area contributed by atoms with Gasteiger partial charge in [-0.25, -0.2) is 0 Å². The van der Waals surface area contributed by atoms with Gasteiger partial charge in [0.1, 0.15) is 18.3 Å². The van der Waals surface area contributed by atoms with E-state index in [-0.39, 0.29) is 13.7 Å². The van der Waals surface area contributed by atoms with Gasteiger partial charge in [-0.2, -0.15) is 0 Å². The highest BCUT2D eigenvalue weighted by molar-refractivity contribution is 5.56. The maximum absolute atomic E-state index is 9.76. The van der Waals surface area contributed by atoms with Gasteiger partial charge in [0, 0.05) is 0 Å². The topological polar surface area (TPSA) is 98.0 Å². The molecule has 0 aliphatic heterocycles. The number of carbonyl (C=O) groups excluding carboxylic acids is 1. The van der Waals surface area contributed by atoms with Crippen LogP contribution < -0.4 is 0 Å². The Morgan fingerprint density at radius 3 is 2.00 bits per heavy atom. The molecular formula is C6H14O5. The molecule has 5 nitrogen and oxygen atoms in total. The summed E-state index contributed by atoms with van der Waals surface area (Å²) in [6.07, 6.45) is -4.63. The third kappa shape index (κ3) is 4.05. The van der Waals surface area contributed by atoms with Crippen LogP contribution in [0.15, 0.2) is 0 Å². The highest BCUT2D eigenvalue weighted by Crippen LogP contribution is 1.96. The Morgan fingerprint density at radius 2 is 1.73 bits per heavy atom. The molecule has 0 heterocycles. The van der Waals surface area contributed by atoms with Crippen LogP contribution in [-0.4, -0.2) is 51.6 Å². The second kappa shape index (κ2) is 6.23. The maximum Gasteiger partial charge on any atom is 0.151 e. The van der Waals surface area contributed by atoms with Gasteiger partial charge < -0.3 is 25.2 Å². The van der Waals surface area contributed by atoms with Crippen molar-refractivity contribution in [1.82, 2.24) is 0 Å². The van der Waals surface area contributed by atoms with Gasteiger partial charge in [0.2, 0.25) is 0 Å². The van der Waals surface area contributed by atoms with E-state index in [1.54, 1.807) is 0 Å². The van der Waals surface area contributed by atoms with E-state index in [4.69, 9.17) is 20.4 Å². The molecule has 0 saturated carbocycles. The monoisotopic (exact) mass is 166 g/mol. The molecule has 11 heavy (non-hydrogen) atoms. The molecule has 5 heteroatoms. The summed E-state index contributed by atoms with van der Waals surface area (Å²) in [6.45, 7) is -0.688. The highest BCUT2D eigenvalue weighted by Gasteiger charge is 2.22. The number of rotatable bonds is 4. The van der Waals surface area contributed by atoms with E-state index >= 15 is 0 Å². The van der Waals surface area contributed by atoms with Crippen LogP contribution in [0.1, 0.15) is 7.43 Å². The normalized spacial score (nSPS) is 17.8. The predicted octanol–water partition coefficient (Wildman–Crippen LogP) is -2.10. The van der Waals surface area contributed by atoms with Crippen LogP contribution in [0.5, 0.6) is 0 Å². The molecule has 0 bridgehead atoms. The van der Waals surface area contributed by atoms with Crippen molar-refractivity contribution in [3.8, 4) is 0 Å². The zero-order valence-corrected chi connectivity index (χ0v) is 5.21. The van der Waals surface area contributed by atoms with E-state index in [1.807, 2.05) is 0 Å². The zero-order valence-electron chi connectivity index (χ0n) is 5.21. The van der Waals surface area contributed by atoms with Crippen molar-refractivity contribution in [2.75, 3.05) is 6.61 Å². The molecule has 68 valence electrons. The molecule has 0 radical (unpaired) electrons. The van der Waals surface area contributed by atoms with Gasteiger partial charge in [-0.15, -0.1) is 0 Å². The van der Waals surface area contributed by atoms with Crippen molar-refractivity contribution in [2.45, 2.75) is 25.7 Å². The van der Waals surface area contributed by atoms with Crippen LogP contribution in [0.25, 0.3) is 0 Å². The van der Waals surface area contributed by atoms with Gasteiger partial charge >= 0.3 is 0 Å². The summed E-state index contributed by atoms with van der Waals surface area (Å²) in [4.78, 5) is 9.76. The molecule has 0 aromatic carbocycles. The van der Waals surface area contributed by atoms with Crippen molar-refractivity contribution in [3.63, 3.8) is 0 Å². The fourth-order valence-electron chi connectivity index (χ4n) is 0.416. The molecule has 4 N–H and O–H groups in total. The molecule has 0 aliphatic rings. The van der Waals surface area contributed by atoms with E-state index < -0.39 is 24.9 Å². The van der Waals surface area contributed by atoms with Crippen molar-refractivity contribution >= 4 is 6.29 Å². The fourth-order valence-corrected chi connectivity index (χ4v) is 0.416. The zero-order chi connectivity index (χ0) is 8.15. The predicted molar refractivity (Wildman–Crippen MR) is 37.9 cm³/mol. The average Bonchev–Trinajstić information content (AvgIpc) is 2.00. The minimum atomic E-state index is -1.64. The van der Waals surface area contributed by atoms with Crippen LogP contribution in [0.4, 0.5) is 0 Å². The Hall–Kier alpha value is -0.490. The lowest BCUT2D eigenvalue weighted by molar-refractivity contribution is -0.127. The molecule has 0 aliphatic carbocycles. The molecule has 0 aromatic heterocycles. The molecule has 0 rings (SSSR count). The van der Waals surface area contributed by atoms with Crippen LogP contribution in [0, 0.1) is 0 Å². The lowest BCUT2D eigenvalue weighted by Crippen LogP contribution is -2.40. The lowest BCUT2D eigenvalue weighted by Gasteiger charge is -2.16. The van der Waals surface area contributed by atoms with E-state index in [0.29, 0.717) is 0 Å². The standard InChI is InChI=1S/C5H10O5.CH4/c6-1-3(8)5(10)4(9)2-7;/h1,3-5,7-10H,2H2;1H4/t3-,4-,5+;/m0./s1. The number of hydrogen-bond acceptors (Lipinski definition) is 5. The Labute approximate surface area is 64.9 Å². The largest absolute Gasteiger partial charge is 0.394 e. The smallest absolute Gasteiger partial charge is 0.151 e. The Kier molecular flexibility index (Phi) is 7.44. The number of hydrogen-bond donors (Lipinski definition) is 4. The van der Waals surface area contributed by atoms with E-state index in [0.717, 1.165) is 0 Å². The summed E-state index contributed by atoms with van der Waals surface area (Å²) in [5.41, 5.74) is 0. The quantitative estimate of drug-likeness (QED) is 0.358. The van der Waals surface area contributed by atoms with Crippen LogP contribution in [0.3, 0.4) is 0 Å². The van der Waals surface area contributed by atoms with E-state index in [1.165, 1.54) is 0 Å². The Balaban J connectivity index is 0. The van der Waals surface area contributed by atoms with Crippen LogP contribution >= 0.6 is 0 Å². The second-order valence-corrected chi connectivity index (χ2v) is 1.87. The summed E-state index contributed by atoms with van der Waals surface area (Å²) in [5.74, 6) is 0. The molecule has 0 aromatic rings. The van der Waals surface area contributed by atoms with Gasteiger partial charge in [0.25, 0.3) is 0 Å². The summed E-state index contributed by atoms with van der Waals surface area (Å²) in [7, 11) is 0. The Bertz CT molecular complexity index is 105. The molecule has 0 fully saturated rings. The van der Waals surface area contributed by atoms with Crippen molar-refractivity contribution in [3.05, 3.63) is 0 Å². The minimum absolute atomic E-state index is 0. The van der Waals surface area contributed by atoms with E-state index in [2.05, 4.69) is 0 Å². The second-order valence-electron chi connectivity index (χ2n) is 1.87. The summed E-state index contributed by atoms with van der Waals surface area (Å²) in [5, 5.41) is 34.1. The summed E-state index contributed by atoms with van der Waals surface area (Å²) < 4.78 is 0. The van der Waals surface area contributed by atoms with Crippen molar-refractivity contribution in [2.24, 2.45) is 0 Å². The third-order valence-corrected chi connectivity index (χ3v) is 1.07. The molecule has 0 saturated heterocycles. The third-order valence-electron chi connectivity index (χ3n) is 1.07. The van der Waals surface area contributed by atoms with Crippen LogP contribution in [0.2, 0.25) is 0 Å². The fraction of sp³-hybridized carbons (Fsp3) is 0.833. The SMILES string of the molecule is C.O=C[C@H](O)[C@@H](O)[C@@H](O)CO. The highest BCUT2D eigenvalue weighted by atomic mass is 16.4. The van der Waals surface area contributed by atoms with Gasteiger partial charge in [0.05, 0.1) is 6.61 Å². The molecule has 3 atom stereocenters. The number of aldehydes is 1. The molecule has 0 unspecified atom stereocenters. The first-order valence-corrected chi connectivity index (χ1v) is 2.73. The Morgan fingerprint density at radius 1 is 1.27 bits per heavy atom. The van der Waals surface area contributed by atoms with Gasteiger partial charge in [-0.3, -0.25) is 0 Å². The lowest BCUT2D eigenvalue weighted by atomic mass is 10.1. The molecule has 0 spiro atoms. The molecule has 0 amide bonds. The first-order chi connectivity index (χ1) is 4.63. The number of carbonyl (C=O) groups is 1. The van der Waals surface area contributed by atoms with Gasteiger partial charge in [-0.1, -0.05) is 7.43 Å². The van der Waals surface area contributed by atoms with Crippen molar-refractivity contribution in [1.29, 1.82) is 0 Å². The number of aliphatic hydroxyl groups is 4. The van der Waals surface area contributed by atoms with Gasteiger partial charge in [0.15, 0.2) is 6.29 Å². The first kappa shape index (κ1) is 13.1. The van der Waals surface area contributed by atoms with Crippen LogP contribution in [-0.2, 0) is 4.79 Å².